The predicted octanol–water partition coefficient (Wildman–Crippen LogP) is 5.99. The Bertz CT molecular complexity index is 1350. The lowest BCUT2D eigenvalue weighted by Gasteiger charge is -2.27. The van der Waals surface area contributed by atoms with Gasteiger partial charge in [-0.3, -0.25) is 14.5 Å². The van der Waals surface area contributed by atoms with E-state index in [0.29, 0.717) is 29.4 Å². The van der Waals surface area contributed by atoms with Crippen LogP contribution in [-0.2, 0) is 9.59 Å². The number of rotatable bonds is 6. The van der Waals surface area contributed by atoms with Crippen molar-refractivity contribution in [1.29, 1.82) is 0 Å². The molecule has 0 aliphatic carbocycles. The third-order valence-electron chi connectivity index (χ3n) is 5.97. The summed E-state index contributed by atoms with van der Waals surface area (Å²) in [4.78, 5) is 28.3. The number of hydrogen-bond donors (Lipinski definition) is 1. The average Bonchev–Trinajstić information content (AvgIpc) is 3.10. The molecule has 1 aliphatic heterocycles. The van der Waals surface area contributed by atoms with Gasteiger partial charge in [0.2, 0.25) is 0 Å². The van der Waals surface area contributed by atoms with Gasteiger partial charge in [-0.25, -0.2) is 0 Å². The standard InChI is InChI=1S/C28H26ClNO5/c1-5-35-20-10-11-22(29)21(15-20)26(31)24-25(18-7-6-8-19(14-18)34-4)30(28(33)27(24)32)23-12-9-16(2)13-17(23)3/h6-15,25,31H,5H2,1-4H3/b26-24+. The zero-order valence-electron chi connectivity index (χ0n) is 20.0. The van der Waals surface area contributed by atoms with Gasteiger partial charge in [-0.05, 0) is 68.3 Å². The summed E-state index contributed by atoms with van der Waals surface area (Å²) >= 11 is 6.41. The summed E-state index contributed by atoms with van der Waals surface area (Å²) in [5.41, 5.74) is 3.21. The van der Waals surface area contributed by atoms with E-state index in [0.717, 1.165) is 11.1 Å². The van der Waals surface area contributed by atoms with Crippen molar-refractivity contribution in [1.82, 2.24) is 0 Å². The summed E-state index contributed by atoms with van der Waals surface area (Å²) < 4.78 is 10.9. The van der Waals surface area contributed by atoms with Crippen LogP contribution in [0.2, 0.25) is 5.02 Å². The summed E-state index contributed by atoms with van der Waals surface area (Å²) in [5, 5.41) is 11.7. The number of carbonyl (C=O) groups excluding carboxylic acids is 2. The van der Waals surface area contributed by atoms with Crippen molar-refractivity contribution in [3.05, 3.63) is 93.5 Å². The first-order valence-corrected chi connectivity index (χ1v) is 11.6. The molecule has 6 nitrogen and oxygen atoms in total. The van der Waals surface area contributed by atoms with Crippen LogP contribution >= 0.6 is 11.6 Å². The molecule has 0 radical (unpaired) electrons. The number of Topliss-reactive ketones (excluding diaryl/α,β-unsaturated/α-hetero) is 1. The molecule has 35 heavy (non-hydrogen) atoms. The minimum atomic E-state index is -0.890. The molecule has 3 aromatic carbocycles. The Labute approximate surface area is 209 Å². The van der Waals surface area contributed by atoms with Crippen molar-refractivity contribution < 1.29 is 24.2 Å². The number of aliphatic hydroxyl groups is 1. The minimum absolute atomic E-state index is 0.0567. The molecule has 1 unspecified atom stereocenters. The minimum Gasteiger partial charge on any atom is -0.507 e. The van der Waals surface area contributed by atoms with Crippen molar-refractivity contribution in [2.75, 3.05) is 18.6 Å². The second kappa shape index (κ2) is 9.84. The highest BCUT2D eigenvalue weighted by molar-refractivity contribution is 6.52. The molecule has 0 saturated carbocycles. The molecule has 180 valence electrons. The zero-order chi connectivity index (χ0) is 25.3. The Morgan fingerprint density at radius 3 is 2.49 bits per heavy atom. The van der Waals surface area contributed by atoms with E-state index in [4.69, 9.17) is 21.1 Å². The van der Waals surface area contributed by atoms with Crippen molar-refractivity contribution >= 4 is 34.7 Å². The summed E-state index contributed by atoms with van der Waals surface area (Å²) in [5.74, 6) is -0.850. The second-order valence-electron chi connectivity index (χ2n) is 8.31. The molecule has 1 N–H and O–H groups in total. The number of amides is 1. The van der Waals surface area contributed by atoms with Crippen molar-refractivity contribution in [3.8, 4) is 11.5 Å². The van der Waals surface area contributed by atoms with Crippen LogP contribution in [-0.4, -0.2) is 30.5 Å². The lowest BCUT2D eigenvalue weighted by molar-refractivity contribution is -0.132. The molecule has 3 aromatic rings. The van der Waals surface area contributed by atoms with Crippen molar-refractivity contribution in [2.45, 2.75) is 26.8 Å². The molecule has 4 rings (SSSR count). The molecule has 1 atom stereocenters. The first-order chi connectivity index (χ1) is 16.8. The normalized spacial score (nSPS) is 17.1. The van der Waals surface area contributed by atoms with E-state index in [-0.39, 0.29) is 21.9 Å². The number of methoxy groups -OCH3 is 1. The Morgan fingerprint density at radius 1 is 1.03 bits per heavy atom. The van der Waals surface area contributed by atoms with Crippen LogP contribution in [0.1, 0.15) is 35.2 Å². The quantitative estimate of drug-likeness (QED) is 0.260. The third kappa shape index (κ3) is 4.49. The van der Waals surface area contributed by atoms with Gasteiger partial charge in [0.05, 0.1) is 30.4 Å². The highest BCUT2D eigenvalue weighted by Gasteiger charge is 2.47. The molecule has 1 fully saturated rings. The Balaban J connectivity index is 1.99. The topological polar surface area (TPSA) is 76.1 Å². The molecule has 1 saturated heterocycles. The molecule has 0 aromatic heterocycles. The van der Waals surface area contributed by atoms with Gasteiger partial charge in [-0.1, -0.05) is 41.4 Å². The fraction of sp³-hybridized carbons (Fsp3) is 0.214. The van der Waals surface area contributed by atoms with E-state index in [1.165, 1.54) is 4.90 Å². The van der Waals surface area contributed by atoms with Gasteiger partial charge in [0.15, 0.2) is 0 Å². The summed E-state index contributed by atoms with van der Waals surface area (Å²) in [7, 11) is 1.54. The van der Waals surface area contributed by atoms with Gasteiger partial charge in [0, 0.05) is 11.3 Å². The number of nitrogens with zero attached hydrogens (tertiary/aromatic N) is 1. The van der Waals surface area contributed by atoms with Crippen LogP contribution in [0.15, 0.2) is 66.2 Å². The molecule has 1 heterocycles. The Hall–Kier alpha value is -3.77. The first-order valence-electron chi connectivity index (χ1n) is 11.2. The van der Waals surface area contributed by atoms with E-state index in [1.54, 1.807) is 49.6 Å². The maximum atomic E-state index is 13.4. The SMILES string of the molecule is CCOc1ccc(Cl)c(/C(O)=C2\C(=O)C(=O)N(c3ccc(C)cc3C)C2c2cccc(OC)c2)c1. The van der Waals surface area contributed by atoms with E-state index < -0.39 is 17.7 Å². The molecular weight excluding hydrogens is 466 g/mol. The summed E-state index contributed by atoms with van der Waals surface area (Å²) in [6, 6.07) is 16.7. The van der Waals surface area contributed by atoms with Gasteiger partial charge in [0.25, 0.3) is 11.7 Å². The Morgan fingerprint density at radius 2 is 1.80 bits per heavy atom. The molecular formula is C28H26ClNO5. The highest BCUT2D eigenvalue weighted by Crippen LogP contribution is 2.44. The molecule has 7 heteroatoms. The molecule has 1 aliphatic rings. The van der Waals surface area contributed by atoms with Gasteiger partial charge in [-0.15, -0.1) is 0 Å². The number of ether oxygens (including phenoxy) is 2. The monoisotopic (exact) mass is 491 g/mol. The largest absolute Gasteiger partial charge is 0.507 e. The summed E-state index contributed by atoms with van der Waals surface area (Å²) in [6.45, 7) is 6.10. The molecule has 0 spiro atoms. The average molecular weight is 492 g/mol. The van der Waals surface area contributed by atoms with Crippen LogP contribution in [0.3, 0.4) is 0 Å². The predicted molar refractivity (Wildman–Crippen MR) is 136 cm³/mol. The van der Waals surface area contributed by atoms with Crippen LogP contribution in [0.5, 0.6) is 11.5 Å². The van der Waals surface area contributed by atoms with E-state index in [1.807, 2.05) is 39.0 Å². The highest BCUT2D eigenvalue weighted by atomic mass is 35.5. The third-order valence-corrected chi connectivity index (χ3v) is 6.30. The Kier molecular flexibility index (Phi) is 6.85. The smallest absolute Gasteiger partial charge is 0.300 e. The summed E-state index contributed by atoms with van der Waals surface area (Å²) in [6.07, 6.45) is 0. The van der Waals surface area contributed by atoms with E-state index >= 15 is 0 Å². The van der Waals surface area contributed by atoms with Gasteiger partial charge in [0.1, 0.15) is 17.3 Å². The van der Waals surface area contributed by atoms with Crippen molar-refractivity contribution in [3.63, 3.8) is 0 Å². The van der Waals surface area contributed by atoms with Crippen LogP contribution in [0.4, 0.5) is 5.69 Å². The van der Waals surface area contributed by atoms with Gasteiger partial charge < -0.3 is 14.6 Å². The van der Waals surface area contributed by atoms with Crippen molar-refractivity contribution in [2.24, 2.45) is 0 Å². The lowest BCUT2D eigenvalue weighted by Crippen LogP contribution is -2.30. The van der Waals surface area contributed by atoms with Gasteiger partial charge >= 0.3 is 0 Å². The zero-order valence-corrected chi connectivity index (χ0v) is 20.7. The fourth-order valence-corrected chi connectivity index (χ4v) is 4.58. The number of halogens is 1. The number of carbonyl (C=O) groups is 2. The lowest BCUT2D eigenvalue weighted by atomic mass is 9.94. The van der Waals surface area contributed by atoms with Crippen LogP contribution < -0.4 is 14.4 Å². The second-order valence-corrected chi connectivity index (χ2v) is 8.72. The maximum Gasteiger partial charge on any atom is 0.300 e. The number of anilines is 1. The number of aryl methyl sites for hydroxylation is 2. The van der Waals surface area contributed by atoms with E-state index in [9.17, 15) is 14.7 Å². The maximum absolute atomic E-state index is 13.4. The number of aliphatic hydroxyl groups excluding tert-OH is 1. The van der Waals surface area contributed by atoms with Gasteiger partial charge in [-0.2, -0.15) is 0 Å². The fourth-order valence-electron chi connectivity index (χ4n) is 4.37. The molecule has 1 amide bonds. The number of hydrogen-bond acceptors (Lipinski definition) is 5. The van der Waals surface area contributed by atoms with Crippen LogP contribution in [0.25, 0.3) is 5.76 Å². The van der Waals surface area contributed by atoms with Crippen LogP contribution in [0, 0.1) is 13.8 Å². The number of ketones is 1. The number of benzene rings is 3. The molecule has 0 bridgehead atoms. The van der Waals surface area contributed by atoms with E-state index in [2.05, 4.69) is 0 Å². The first kappa shape index (κ1) is 24.4.